The number of carbonyl (C=O) groups excluding carboxylic acids is 1. The molecule has 21 heavy (non-hydrogen) atoms. The van der Waals surface area contributed by atoms with Gasteiger partial charge in [-0.2, -0.15) is 0 Å². The summed E-state index contributed by atoms with van der Waals surface area (Å²) in [6.07, 6.45) is 0. The van der Waals surface area contributed by atoms with Gasteiger partial charge in [-0.3, -0.25) is 0 Å². The Morgan fingerprint density at radius 3 is 2.19 bits per heavy atom. The van der Waals surface area contributed by atoms with E-state index >= 15 is 0 Å². The number of urea groups is 1. The minimum atomic E-state index is -0.178. The van der Waals surface area contributed by atoms with Gasteiger partial charge in [-0.25, -0.2) is 4.79 Å². The number of hydrogen-bond acceptors (Lipinski definition) is 2. The zero-order valence-electron chi connectivity index (χ0n) is 13.9. The number of hydrogen-bond donors (Lipinski definition) is 1. The molecule has 0 aromatic heterocycles. The lowest BCUT2D eigenvalue weighted by Gasteiger charge is -2.37. The van der Waals surface area contributed by atoms with Crippen LogP contribution in [-0.4, -0.2) is 42.6 Å². The lowest BCUT2D eigenvalue weighted by molar-refractivity contribution is 0.185. The molecule has 0 unspecified atom stereocenters. The first-order valence-electron chi connectivity index (χ1n) is 7.65. The van der Waals surface area contributed by atoms with Gasteiger partial charge in [0.05, 0.1) is 0 Å². The summed E-state index contributed by atoms with van der Waals surface area (Å²) in [5.41, 5.74) is 3.72. The second kappa shape index (κ2) is 5.96. The normalized spacial score (nSPS) is 16.0. The van der Waals surface area contributed by atoms with Crippen LogP contribution in [0.4, 0.5) is 10.5 Å². The summed E-state index contributed by atoms with van der Waals surface area (Å²) >= 11 is 0. The number of amides is 2. The second-order valence-electron chi connectivity index (χ2n) is 6.92. The Morgan fingerprint density at radius 2 is 1.67 bits per heavy atom. The maximum Gasteiger partial charge on any atom is 0.317 e. The second-order valence-corrected chi connectivity index (χ2v) is 6.92. The smallest absolute Gasteiger partial charge is 0.317 e. The Morgan fingerprint density at radius 1 is 1.05 bits per heavy atom. The van der Waals surface area contributed by atoms with Gasteiger partial charge in [0, 0.05) is 37.4 Å². The van der Waals surface area contributed by atoms with Crippen molar-refractivity contribution in [3.63, 3.8) is 0 Å². The number of nitrogens with one attached hydrogen (secondary N) is 1. The summed E-state index contributed by atoms with van der Waals surface area (Å²) in [6, 6.07) is 6.62. The highest BCUT2D eigenvalue weighted by Crippen LogP contribution is 2.20. The van der Waals surface area contributed by atoms with E-state index in [4.69, 9.17) is 0 Å². The zero-order valence-corrected chi connectivity index (χ0v) is 13.9. The summed E-state index contributed by atoms with van der Waals surface area (Å²) in [6.45, 7) is 13.6. The third kappa shape index (κ3) is 4.13. The molecule has 1 aliphatic rings. The first kappa shape index (κ1) is 15.7. The molecule has 0 bridgehead atoms. The summed E-state index contributed by atoms with van der Waals surface area (Å²) < 4.78 is 0. The first-order valence-corrected chi connectivity index (χ1v) is 7.65. The van der Waals surface area contributed by atoms with Gasteiger partial charge >= 0.3 is 6.03 Å². The fourth-order valence-corrected chi connectivity index (χ4v) is 2.49. The van der Waals surface area contributed by atoms with Crippen molar-refractivity contribution in [3.05, 3.63) is 29.3 Å². The van der Waals surface area contributed by atoms with Gasteiger partial charge in [0.15, 0.2) is 0 Å². The molecule has 4 nitrogen and oxygen atoms in total. The van der Waals surface area contributed by atoms with Crippen LogP contribution < -0.4 is 10.2 Å². The van der Waals surface area contributed by atoms with Crippen molar-refractivity contribution in [3.8, 4) is 0 Å². The molecular formula is C17H27N3O. The molecule has 1 aromatic rings. The lowest BCUT2D eigenvalue weighted by atomic mass is 10.1. The van der Waals surface area contributed by atoms with Crippen molar-refractivity contribution in [2.24, 2.45) is 0 Å². The Bertz CT molecular complexity index is 511. The van der Waals surface area contributed by atoms with Gasteiger partial charge in [0.2, 0.25) is 0 Å². The van der Waals surface area contributed by atoms with Crippen LogP contribution in [0.15, 0.2) is 18.2 Å². The molecule has 1 heterocycles. The number of carbonyl (C=O) groups is 1. The fourth-order valence-electron chi connectivity index (χ4n) is 2.49. The molecular weight excluding hydrogens is 262 g/mol. The van der Waals surface area contributed by atoms with E-state index in [1.165, 1.54) is 16.8 Å². The van der Waals surface area contributed by atoms with Crippen LogP contribution in [-0.2, 0) is 0 Å². The fraction of sp³-hybridized carbons (Fsp3) is 0.588. The molecule has 1 aliphatic heterocycles. The maximum atomic E-state index is 12.2. The number of nitrogens with zero attached hydrogens (tertiary/aromatic N) is 2. The van der Waals surface area contributed by atoms with E-state index in [9.17, 15) is 4.79 Å². The molecule has 0 spiro atoms. The van der Waals surface area contributed by atoms with Gasteiger partial charge in [-0.1, -0.05) is 6.07 Å². The average molecular weight is 289 g/mol. The SMILES string of the molecule is Cc1ccc(N2CCN(C(=O)NC(C)(C)C)CC2)cc1C. The van der Waals surface area contributed by atoms with E-state index in [-0.39, 0.29) is 11.6 Å². The van der Waals surface area contributed by atoms with E-state index < -0.39 is 0 Å². The number of aryl methyl sites for hydroxylation is 2. The Kier molecular flexibility index (Phi) is 4.45. The quantitative estimate of drug-likeness (QED) is 0.863. The predicted molar refractivity (Wildman–Crippen MR) is 88.0 cm³/mol. The molecule has 4 heteroatoms. The topological polar surface area (TPSA) is 35.6 Å². The van der Waals surface area contributed by atoms with Crippen LogP contribution in [0.25, 0.3) is 0 Å². The lowest BCUT2D eigenvalue weighted by Crippen LogP contribution is -2.55. The van der Waals surface area contributed by atoms with Crippen molar-refractivity contribution in [1.29, 1.82) is 0 Å². The average Bonchev–Trinajstić information content (AvgIpc) is 2.40. The van der Waals surface area contributed by atoms with Gasteiger partial charge in [-0.05, 0) is 57.9 Å². The van der Waals surface area contributed by atoms with Crippen LogP contribution in [0.5, 0.6) is 0 Å². The number of benzene rings is 1. The monoisotopic (exact) mass is 289 g/mol. The molecule has 0 saturated carbocycles. The number of rotatable bonds is 1. The number of piperazine rings is 1. The van der Waals surface area contributed by atoms with E-state index in [1.54, 1.807) is 0 Å². The Balaban J connectivity index is 1.94. The third-order valence-electron chi connectivity index (χ3n) is 3.90. The van der Waals surface area contributed by atoms with Crippen molar-refractivity contribution in [2.75, 3.05) is 31.1 Å². The van der Waals surface area contributed by atoms with E-state index in [2.05, 4.69) is 42.3 Å². The molecule has 2 amide bonds. The minimum Gasteiger partial charge on any atom is -0.368 e. The van der Waals surface area contributed by atoms with Gasteiger partial charge < -0.3 is 15.1 Å². The largest absolute Gasteiger partial charge is 0.368 e. The van der Waals surface area contributed by atoms with Crippen LogP contribution in [0, 0.1) is 13.8 Å². The Labute approximate surface area is 128 Å². The first-order chi connectivity index (χ1) is 9.76. The van der Waals surface area contributed by atoms with E-state index in [0.717, 1.165) is 26.2 Å². The van der Waals surface area contributed by atoms with Gasteiger partial charge in [0.25, 0.3) is 0 Å². The molecule has 116 valence electrons. The molecule has 0 aliphatic carbocycles. The highest BCUT2D eigenvalue weighted by molar-refractivity contribution is 5.75. The van der Waals surface area contributed by atoms with Crippen LogP contribution in [0.2, 0.25) is 0 Å². The molecule has 0 radical (unpaired) electrons. The predicted octanol–water partition coefficient (Wildman–Crippen LogP) is 2.93. The summed E-state index contributed by atoms with van der Waals surface area (Å²) in [5.74, 6) is 0. The zero-order chi connectivity index (χ0) is 15.6. The van der Waals surface area contributed by atoms with E-state index in [1.807, 2.05) is 25.7 Å². The molecule has 1 N–H and O–H groups in total. The standard InChI is InChI=1S/C17H27N3O/c1-13-6-7-15(12-14(13)2)19-8-10-20(11-9-19)16(21)18-17(3,4)5/h6-7,12H,8-11H2,1-5H3,(H,18,21). The van der Waals surface area contributed by atoms with Gasteiger partial charge in [0.1, 0.15) is 0 Å². The Hall–Kier alpha value is -1.71. The van der Waals surface area contributed by atoms with Crippen molar-refractivity contribution in [2.45, 2.75) is 40.2 Å². The molecule has 1 aromatic carbocycles. The van der Waals surface area contributed by atoms with Crippen molar-refractivity contribution < 1.29 is 4.79 Å². The summed E-state index contributed by atoms with van der Waals surface area (Å²) in [5, 5.41) is 3.03. The summed E-state index contributed by atoms with van der Waals surface area (Å²) in [7, 11) is 0. The third-order valence-corrected chi connectivity index (χ3v) is 3.90. The molecule has 0 atom stereocenters. The van der Waals surface area contributed by atoms with Crippen LogP contribution in [0.3, 0.4) is 0 Å². The van der Waals surface area contributed by atoms with Crippen molar-refractivity contribution >= 4 is 11.7 Å². The van der Waals surface area contributed by atoms with Gasteiger partial charge in [-0.15, -0.1) is 0 Å². The van der Waals surface area contributed by atoms with E-state index in [0.29, 0.717) is 0 Å². The van der Waals surface area contributed by atoms with Crippen LogP contribution in [0.1, 0.15) is 31.9 Å². The molecule has 1 saturated heterocycles. The highest BCUT2D eigenvalue weighted by Gasteiger charge is 2.24. The van der Waals surface area contributed by atoms with Crippen molar-refractivity contribution in [1.82, 2.24) is 10.2 Å². The maximum absolute atomic E-state index is 12.2. The van der Waals surface area contributed by atoms with Crippen LogP contribution >= 0.6 is 0 Å². The summed E-state index contributed by atoms with van der Waals surface area (Å²) in [4.78, 5) is 16.4. The minimum absolute atomic E-state index is 0.0437. The number of anilines is 1. The molecule has 1 fully saturated rings. The highest BCUT2D eigenvalue weighted by atomic mass is 16.2. The molecule has 2 rings (SSSR count).